The predicted molar refractivity (Wildman–Crippen MR) is 38.0 cm³/mol. The standard InChI is InChI=1S/C3H8O3.C3H8.H2/c4-2-1-3(5)6;1-3-2;/h3-6H,1-2H2;3H2,1-2H3;1H/i;;1+2D. The zero-order valence-electron chi connectivity index (χ0n) is 8.04. The lowest BCUT2D eigenvalue weighted by Gasteiger charge is -1.94. The van der Waals surface area contributed by atoms with Crippen LogP contribution in [0.5, 0.6) is 0 Å². The molecule has 3 nitrogen and oxygen atoms in total. The summed E-state index contributed by atoms with van der Waals surface area (Å²) >= 11 is 0. The largest absolute Gasteiger partial charge is 0.396 e. The third kappa shape index (κ3) is 32.8. The Morgan fingerprint density at radius 1 is 1.56 bits per heavy atom. The van der Waals surface area contributed by atoms with Crippen LogP contribution < -0.4 is 0 Å². The van der Waals surface area contributed by atoms with Gasteiger partial charge in [0, 0.05) is 16.0 Å². The van der Waals surface area contributed by atoms with Crippen molar-refractivity contribution in [1.29, 1.82) is 0 Å². The van der Waals surface area contributed by atoms with Gasteiger partial charge in [-0.1, -0.05) is 20.3 Å². The summed E-state index contributed by atoms with van der Waals surface area (Å²) in [5.41, 5.74) is 0. The van der Waals surface area contributed by atoms with E-state index in [1.54, 1.807) is 0 Å². The van der Waals surface area contributed by atoms with Crippen molar-refractivity contribution in [3.8, 4) is 0 Å². The molecule has 0 fully saturated rings. The van der Waals surface area contributed by atoms with E-state index in [9.17, 15) is 0 Å². The number of aliphatic hydroxyl groups is 3. The van der Waals surface area contributed by atoms with E-state index in [-0.39, 0.29) is 13.0 Å². The van der Waals surface area contributed by atoms with E-state index in [0.717, 1.165) is 0 Å². The van der Waals surface area contributed by atoms with Gasteiger partial charge in [-0.25, -0.2) is 0 Å². The average molecular weight is 141 g/mol. The zero-order valence-corrected chi connectivity index (χ0v) is 6.04. The lowest BCUT2D eigenvalue weighted by atomic mass is 10.5. The van der Waals surface area contributed by atoms with Crippen molar-refractivity contribution >= 4 is 0 Å². The second-order valence-electron chi connectivity index (χ2n) is 1.70. The van der Waals surface area contributed by atoms with Crippen molar-refractivity contribution in [2.45, 2.75) is 33.0 Å². The van der Waals surface area contributed by atoms with Crippen molar-refractivity contribution in [3.05, 3.63) is 0 Å². The molecule has 0 bridgehead atoms. The second-order valence-corrected chi connectivity index (χ2v) is 1.70. The number of rotatable bonds is 2. The van der Waals surface area contributed by atoms with Crippen LogP contribution >= 0.6 is 0 Å². The van der Waals surface area contributed by atoms with Gasteiger partial charge in [0.15, 0.2) is 6.29 Å². The van der Waals surface area contributed by atoms with E-state index in [1.165, 1.54) is 6.42 Å². The minimum atomic E-state index is -1.35. The molecule has 0 atom stereocenters. The third-order valence-corrected chi connectivity index (χ3v) is 0.387. The molecule has 0 aliphatic heterocycles. The summed E-state index contributed by atoms with van der Waals surface area (Å²) in [5, 5.41) is 23.8. The maximum absolute atomic E-state index is 7.95. The van der Waals surface area contributed by atoms with Crippen LogP contribution in [0.25, 0.3) is 0 Å². The first-order valence-corrected chi connectivity index (χ1v) is 3.16. The first-order valence-electron chi connectivity index (χ1n) is 4.16. The Bertz CT molecular complexity index is 44.8. The quantitative estimate of drug-likeness (QED) is 0.486. The highest BCUT2D eigenvalue weighted by Crippen LogP contribution is 1.79. The predicted octanol–water partition coefficient (Wildman–Crippen LogP) is 0.342. The summed E-state index contributed by atoms with van der Waals surface area (Å²) in [5.74, 6) is 0. The van der Waals surface area contributed by atoms with Crippen LogP contribution in [0.2, 0.25) is 0 Å². The molecule has 0 aliphatic carbocycles. The molecule has 0 aromatic heterocycles. The maximum Gasteiger partial charge on any atom is 0.153 e. The molecule has 0 rings (SSSR count). The van der Waals surface area contributed by atoms with Crippen LogP contribution in [-0.2, 0) is 0 Å². The molecule has 0 saturated heterocycles. The van der Waals surface area contributed by atoms with Gasteiger partial charge < -0.3 is 15.3 Å². The smallest absolute Gasteiger partial charge is 0.153 e. The van der Waals surface area contributed by atoms with Gasteiger partial charge in [0.2, 0.25) is 0 Å². The molecule has 3 N–H and O–H groups in total. The highest BCUT2D eigenvalue weighted by atomic mass is 16.5. The first-order chi connectivity index (χ1) is 5.18. The van der Waals surface area contributed by atoms with Gasteiger partial charge in [0.25, 0.3) is 0 Å². The Balaban J connectivity index is -0.000000109. The minimum absolute atomic E-state index is 0.0417. The normalized spacial score (nSPS) is 9.56. The molecule has 0 unspecified atom stereocenters. The maximum atomic E-state index is 7.95. The molecule has 0 radical (unpaired) electrons. The Kier molecular flexibility index (Phi) is 10.6. The average Bonchev–Trinajstić information content (AvgIpc) is 1.93. The van der Waals surface area contributed by atoms with Crippen molar-refractivity contribution in [2.24, 2.45) is 0 Å². The van der Waals surface area contributed by atoms with E-state index in [2.05, 4.69) is 13.8 Å². The van der Waals surface area contributed by atoms with Crippen molar-refractivity contribution < 1.29 is 18.3 Å². The molecule has 0 aromatic rings. The minimum Gasteiger partial charge on any atom is -0.396 e. The van der Waals surface area contributed by atoms with Crippen LogP contribution in [0.3, 0.4) is 0 Å². The summed E-state index contributed by atoms with van der Waals surface area (Å²) in [7, 11) is 0. The van der Waals surface area contributed by atoms with E-state index >= 15 is 0 Å². The van der Waals surface area contributed by atoms with E-state index in [1.807, 2.05) is 0 Å². The number of aliphatic hydroxyl groups excluding tert-OH is 2. The molecule has 0 heterocycles. The molecule has 0 aromatic carbocycles. The third-order valence-electron chi connectivity index (χ3n) is 0.387. The van der Waals surface area contributed by atoms with E-state index in [0.29, 0.717) is 0 Å². The van der Waals surface area contributed by atoms with Gasteiger partial charge in [0.05, 0.1) is 0 Å². The van der Waals surface area contributed by atoms with Crippen molar-refractivity contribution in [1.82, 2.24) is 0 Å². The first kappa shape index (κ1) is 8.88. The fourth-order valence-electron chi connectivity index (χ4n) is 0.115. The molecule has 3 heteroatoms. The Hall–Kier alpha value is -0.120. The number of hydrogen-bond acceptors (Lipinski definition) is 3. The summed E-state index contributed by atoms with van der Waals surface area (Å²) in [4.78, 5) is 0. The highest BCUT2D eigenvalue weighted by Gasteiger charge is 1.90. The topological polar surface area (TPSA) is 60.7 Å². The molecule has 9 heavy (non-hydrogen) atoms. The van der Waals surface area contributed by atoms with Crippen molar-refractivity contribution in [2.75, 3.05) is 6.61 Å². The monoisotopic (exact) mass is 141 g/mol. The SMILES string of the molecule is CCC.OCCC(O)O.[2H][3H]. The van der Waals surface area contributed by atoms with Crippen LogP contribution in [-0.4, -0.2) is 28.2 Å². The summed E-state index contributed by atoms with van der Waals surface area (Å²) in [6.45, 7) is 4.08. The second kappa shape index (κ2) is 10.8. The van der Waals surface area contributed by atoms with Crippen LogP contribution in [0.4, 0.5) is 0 Å². The molecular weight excluding hydrogens is 120 g/mol. The van der Waals surface area contributed by atoms with Crippen LogP contribution in [0, 0.1) is 0 Å². The lowest BCUT2D eigenvalue weighted by Crippen LogP contribution is -2.05. The van der Waals surface area contributed by atoms with Gasteiger partial charge >= 0.3 is 0 Å². The summed E-state index contributed by atoms with van der Waals surface area (Å²) in [6, 6.07) is 0. The fourth-order valence-corrected chi connectivity index (χ4v) is 0.115. The Morgan fingerprint density at radius 3 is 1.89 bits per heavy atom. The van der Waals surface area contributed by atoms with Crippen molar-refractivity contribution in [3.63, 3.8) is 0 Å². The molecule has 0 saturated carbocycles. The molecule has 0 aliphatic rings. The van der Waals surface area contributed by atoms with Crippen LogP contribution in [0.1, 0.15) is 29.7 Å². The van der Waals surface area contributed by atoms with Gasteiger partial charge in [-0.15, -0.1) is 0 Å². The molecule has 60 valence electrons. The highest BCUT2D eigenvalue weighted by molar-refractivity contribution is 4.30. The van der Waals surface area contributed by atoms with Gasteiger partial charge in [-0.2, -0.15) is 0 Å². The molecule has 0 amide bonds. The number of hydrogen-bond donors (Lipinski definition) is 3. The van der Waals surface area contributed by atoms with E-state index in [4.69, 9.17) is 18.3 Å². The fraction of sp³-hybridized carbons (Fsp3) is 1.00. The Labute approximate surface area is 59.0 Å². The van der Waals surface area contributed by atoms with Gasteiger partial charge in [-0.3, -0.25) is 0 Å². The van der Waals surface area contributed by atoms with Gasteiger partial charge in [-0.05, 0) is 0 Å². The molecule has 0 spiro atoms. The van der Waals surface area contributed by atoms with E-state index < -0.39 is 6.29 Å². The summed E-state index contributed by atoms with van der Waals surface area (Å²) < 4.78 is 10.0. The molecular formula is C6H18O3. The van der Waals surface area contributed by atoms with Gasteiger partial charge in [0.1, 0.15) is 0 Å². The Morgan fingerprint density at radius 2 is 1.89 bits per heavy atom. The zero-order chi connectivity index (χ0) is 9.70. The lowest BCUT2D eigenvalue weighted by molar-refractivity contribution is -0.0537. The summed E-state index contributed by atoms with van der Waals surface area (Å²) in [6.07, 6.45) is -0.0602. The van der Waals surface area contributed by atoms with Crippen LogP contribution in [0.15, 0.2) is 0 Å².